The van der Waals surface area contributed by atoms with E-state index in [0.717, 1.165) is 0 Å². The summed E-state index contributed by atoms with van der Waals surface area (Å²) in [6.07, 6.45) is 0.591. The standard InChI is InChI=1S/C7H6O4S.H2O/c8-5-6-1-3-7(4-2-6)12(9,10)11;/h1-5H,(H,9,10,11);1H2. The van der Waals surface area contributed by atoms with E-state index < -0.39 is 10.1 Å². The molecule has 0 aromatic heterocycles. The number of hydrogen-bond acceptors (Lipinski definition) is 3. The summed E-state index contributed by atoms with van der Waals surface area (Å²) >= 11 is 0. The lowest BCUT2D eigenvalue weighted by atomic mass is 10.2. The molecule has 0 spiro atoms. The second-order valence-electron chi connectivity index (χ2n) is 2.16. The van der Waals surface area contributed by atoms with Gasteiger partial charge in [-0.3, -0.25) is 9.35 Å². The molecule has 0 aliphatic carbocycles. The van der Waals surface area contributed by atoms with Gasteiger partial charge in [0.05, 0.1) is 4.90 Å². The number of benzene rings is 1. The summed E-state index contributed by atoms with van der Waals surface area (Å²) in [6, 6.07) is 4.96. The summed E-state index contributed by atoms with van der Waals surface area (Å²) in [6.45, 7) is 0. The van der Waals surface area contributed by atoms with Crippen LogP contribution in [0.4, 0.5) is 0 Å². The average Bonchev–Trinajstić information content (AvgIpc) is 2.03. The minimum absolute atomic E-state index is 0. The fraction of sp³-hybridized carbons (Fsp3) is 0. The van der Waals surface area contributed by atoms with Gasteiger partial charge in [-0.15, -0.1) is 0 Å². The van der Waals surface area contributed by atoms with Crippen LogP contribution in [0.25, 0.3) is 0 Å². The third kappa shape index (κ3) is 2.94. The van der Waals surface area contributed by atoms with Crippen molar-refractivity contribution in [2.75, 3.05) is 0 Å². The van der Waals surface area contributed by atoms with Crippen molar-refractivity contribution in [3.05, 3.63) is 29.8 Å². The number of hydrogen-bond donors (Lipinski definition) is 1. The van der Waals surface area contributed by atoms with Crippen molar-refractivity contribution in [1.82, 2.24) is 0 Å². The Morgan fingerprint density at radius 2 is 1.62 bits per heavy atom. The van der Waals surface area contributed by atoms with E-state index in [1.807, 2.05) is 0 Å². The molecule has 0 radical (unpaired) electrons. The van der Waals surface area contributed by atoms with Gasteiger partial charge in [0.1, 0.15) is 6.29 Å². The maximum Gasteiger partial charge on any atom is 0.294 e. The molecule has 1 aromatic rings. The first-order chi connectivity index (χ1) is 5.54. The van der Waals surface area contributed by atoms with Crippen LogP contribution in [0.5, 0.6) is 0 Å². The van der Waals surface area contributed by atoms with Gasteiger partial charge >= 0.3 is 0 Å². The van der Waals surface area contributed by atoms with E-state index in [0.29, 0.717) is 11.8 Å². The van der Waals surface area contributed by atoms with Crippen molar-refractivity contribution in [1.29, 1.82) is 0 Å². The molecule has 0 bridgehead atoms. The molecule has 0 unspecified atom stereocenters. The Kier molecular flexibility index (Phi) is 3.73. The average molecular weight is 204 g/mol. The highest BCUT2D eigenvalue weighted by atomic mass is 32.2. The lowest BCUT2D eigenvalue weighted by Gasteiger charge is -1.95. The number of aldehydes is 1. The van der Waals surface area contributed by atoms with Crippen molar-refractivity contribution in [2.45, 2.75) is 4.90 Å². The van der Waals surface area contributed by atoms with Gasteiger partial charge in [0, 0.05) is 5.56 Å². The Hall–Kier alpha value is -1.24. The van der Waals surface area contributed by atoms with Crippen LogP contribution >= 0.6 is 0 Å². The SMILES string of the molecule is O.O=Cc1ccc(S(=O)(=O)O)cc1. The molecule has 72 valence electrons. The van der Waals surface area contributed by atoms with Crippen LogP contribution in [0.2, 0.25) is 0 Å². The first-order valence-electron chi connectivity index (χ1n) is 3.07. The van der Waals surface area contributed by atoms with E-state index in [-0.39, 0.29) is 10.4 Å². The van der Waals surface area contributed by atoms with Gasteiger partial charge in [0.15, 0.2) is 0 Å². The van der Waals surface area contributed by atoms with Crippen molar-refractivity contribution >= 4 is 16.4 Å². The normalized spacial score (nSPS) is 10.2. The molecule has 0 amide bonds. The summed E-state index contributed by atoms with van der Waals surface area (Å²) in [5, 5.41) is 0. The zero-order chi connectivity index (χ0) is 9.19. The van der Waals surface area contributed by atoms with Gasteiger partial charge in [0.2, 0.25) is 0 Å². The smallest absolute Gasteiger partial charge is 0.294 e. The molecule has 1 rings (SSSR count). The molecule has 0 atom stereocenters. The molecular formula is C7H8O5S. The summed E-state index contributed by atoms with van der Waals surface area (Å²) in [5.41, 5.74) is 0.363. The molecule has 1 aromatic carbocycles. The number of rotatable bonds is 2. The molecule has 0 saturated carbocycles. The summed E-state index contributed by atoms with van der Waals surface area (Å²) < 4.78 is 29.5. The van der Waals surface area contributed by atoms with Crippen LogP contribution in [0.3, 0.4) is 0 Å². The van der Waals surface area contributed by atoms with E-state index in [1.54, 1.807) is 0 Å². The molecule has 6 heteroatoms. The van der Waals surface area contributed by atoms with Crippen molar-refractivity contribution < 1.29 is 23.2 Å². The highest BCUT2D eigenvalue weighted by Gasteiger charge is 2.07. The van der Waals surface area contributed by atoms with Crippen molar-refractivity contribution in [2.24, 2.45) is 0 Å². The molecule has 3 N–H and O–H groups in total. The highest BCUT2D eigenvalue weighted by Crippen LogP contribution is 2.08. The second kappa shape index (κ2) is 4.13. The molecular weight excluding hydrogens is 196 g/mol. The van der Waals surface area contributed by atoms with Crippen LogP contribution < -0.4 is 0 Å². The molecule has 13 heavy (non-hydrogen) atoms. The van der Waals surface area contributed by atoms with Crippen LogP contribution in [0.1, 0.15) is 10.4 Å². The van der Waals surface area contributed by atoms with Crippen LogP contribution in [0.15, 0.2) is 29.2 Å². The van der Waals surface area contributed by atoms with E-state index >= 15 is 0 Å². The van der Waals surface area contributed by atoms with Crippen LogP contribution in [-0.4, -0.2) is 24.7 Å². The zero-order valence-corrected chi connectivity index (χ0v) is 7.28. The lowest BCUT2D eigenvalue weighted by Crippen LogP contribution is -1.97. The maximum absolute atomic E-state index is 10.5. The second-order valence-corrected chi connectivity index (χ2v) is 3.58. The summed E-state index contributed by atoms with van der Waals surface area (Å²) in [5.74, 6) is 0. The Balaban J connectivity index is 0.00000144. The third-order valence-electron chi connectivity index (χ3n) is 1.31. The lowest BCUT2D eigenvalue weighted by molar-refractivity contribution is 0.112. The van der Waals surface area contributed by atoms with Gasteiger partial charge in [-0.25, -0.2) is 0 Å². The van der Waals surface area contributed by atoms with Gasteiger partial charge in [-0.05, 0) is 12.1 Å². The molecule has 0 fully saturated rings. The van der Waals surface area contributed by atoms with Crippen LogP contribution in [-0.2, 0) is 10.1 Å². The Morgan fingerprint density at radius 3 is 1.92 bits per heavy atom. The van der Waals surface area contributed by atoms with Gasteiger partial charge < -0.3 is 5.48 Å². The monoisotopic (exact) mass is 204 g/mol. The minimum atomic E-state index is -4.14. The Morgan fingerprint density at radius 1 is 1.15 bits per heavy atom. The number of carbonyl (C=O) groups is 1. The molecule has 0 aliphatic heterocycles. The Bertz CT molecular complexity index is 378. The fourth-order valence-electron chi connectivity index (χ4n) is 0.718. The molecule has 0 saturated heterocycles. The predicted molar refractivity (Wildman–Crippen MR) is 45.3 cm³/mol. The van der Waals surface area contributed by atoms with Crippen molar-refractivity contribution in [3.8, 4) is 0 Å². The van der Waals surface area contributed by atoms with E-state index in [2.05, 4.69) is 0 Å². The summed E-state index contributed by atoms with van der Waals surface area (Å²) in [7, 11) is -4.14. The zero-order valence-electron chi connectivity index (χ0n) is 6.47. The highest BCUT2D eigenvalue weighted by molar-refractivity contribution is 7.85. The first-order valence-corrected chi connectivity index (χ1v) is 4.51. The minimum Gasteiger partial charge on any atom is -0.412 e. The van der Waals surface area contributed by atoms with Gasteiger partial charge in [-0.1, -0.05) is 12.1 Å². The molecule has 0 aliphatic rings. The maximum atomic E-state index is 10.5. The van der Waals surface area contributed by atoms with Crippen LogP contribution in [0, 0.1) is 0 Å². The number of carbonyl (C=O) groups excluding carboxylic acids is 1. The van der Waals surface area contributed by atoms with E-state index in [1.165, 1.54) is 24.3 Å². The Labute approximate surface area is 75.1 Å². The van der Waals surface area contributed by atoms with Gasteiger partial charge in [0.25, 0.3) is 10.1 Å². The third-order valence-corrected chi connectivity index (χ3v) is 2.18. The first kappa shape index (κ1) is 11.8. The van der Waals surface area contributed by atoms with Gasteiger partial charge in [-0.2, -0.15) is 8.42 Å². The summed E-state index contributed by atoms with van der Waals surface area (Å²) in [4.78, 5) is 9.94. The quantitative estimate of drug-likeness (QED) is 0.537. The molecule has 0 heterocycles. The van der Waals surface area contributed by atoms with Crippen molar-refractivity contribution in [3.63, 3.8) is 0 Å². The largest absolute Gasteiger partial charge is 0.412 e. The van der Waals surface area contributed by atoms with E-state index in [9.17, 15) is 13.2 Å². The topological polar surface area (TPSA) is 103 Å². The molecule has 5 nitrogen and oxygen atoms in total. The fourth-order valence-corrected chi connectivity index (χ4v) is 1.20. The predicted octanol–water partition coefficient (Wildman–Crippen LogP) is -0.0789. The van der Waals surface area contributed by atoms with E-state index in [4.69, 9.17) is 4.55 Å².